The predicted molar refractivity (Wildman–Crippen MR) is 122 cm³/mol. The first kappa shape index (κ1) is 21.8. The van der Waals surface area contributed by atoms with Crippen molar-refractivity contribution in [3.05, 3.63) is 64.9 Å². The van der Waals surface area contributed by atoms with Gasteiger partial charge in [-0.1, -0.05) is 45.9 Å². The van der Waals surface area contributed by atoms with E-state index in [4.69, 9.17) is 4.74 Å². The summed E-state index contributed by atoms with van der Waals surface area (Å²) in [5, 5.41) is 1.13. The van der Waals surface area contributed by atoms with Gasteiger partial charge in [0.1, 0.15) is 17.4 Å². The summed E-state index contributed by atoms with van der Waals surface area (Å²) in [6, 6.07) is 10.4. The number of nitrogens with one attached hydrogen (secondary N) is 1. The molecule has 0 amide bonds. The molecule has 0 spiro atoms. The largest absolute Gasteiger partial charge is 0.493 e. The molecule has 0 bridgehead atoms. The van der Waals surface area contributed by atoms with E-state index in [1.165, 1.54) is 12.1 Å². The minimum absolute atomic E-state index is 0.0207. The quantitative estimate of drug-likeness (QED) is 0.497. The Balaban J connectivity index is 1.90. The normalized spacial score (nSPS) is 19.6. The monoisotopic (exact) mass is 426 g/mol. The highest BCUT2D eigenvalue weighted by molar-refractivity contribution is 5.85. The topological polar surface area (TPSA) is 28.3 Å². The molecule has 31 heavy (non-hydrogen) atoms. The second-order valence-electron chi connectivity index (χ2n) is 9.90. The fraction of sp³-hybridized carbons (Fsp3) is 0.462. The maximum atomic E-state index is 15.4. The van der Waals surface area contributed by atoms with Crippen LogP contribution in [-0.2, 0) is 6.42 Å². The molecule has 1 aliphatic heterocycles. The number of rotatable bonds is 5. The van der Waals surface area contributed by atoms with Gasteiger partial charge in [0.25, 0.3) is 0 Å². The molecule has 2 heterocycles. The molecule has 1 aliphatic rings. The lowest BCUT2D eigenvalue weighted by Crippen LogP contribution is -2.46. The summed E-state index contributed by atoms with van der Waals surface area (Å²) in [6.07, 6.45) is 1.62. The summed E-state index contributed by atoms with van der Waals surface area (Å²) in [5.74, 6) is -0.883. The number of aromatic nitrogens is 1. The molecule has 0 unspecified atom stereocenters. The Labute approximate surface area is 183 Å². The standard InChI is InChI=1S/C26H32F2N2O/c1-6-11-31-17-13-20(27)23(21(28)14-17)25-24-19(18-9-7-8-10-22(18)29-24)12-16(2)30(25)15-26(3,4)5/h7-10,13-14,16,25,29H,6,11-12,15H2,1-5H3/t16-,25-/m1/s1. The summed E-state index contributed by atoms with van der Waals surface area (Å²) >= 11 is 0. The van der Waals surface area contributed by atoms with E-state index >= 15 is 8.78 Å². The summed E-state index contributed by atoms with van der Waals surface area (Å²) < 4.78 is 36.4. The Morgan fingerprint density at radius 3 is 2.45 bits per heavy atom. The van der Waals surface area contributed by atoms with Crippen LogP contribution in [0.4, 0.5) is 8.78 Å². The molecular weight excluding hydrogens is 394 g/mol. The van der Waals surface area contributed by atoms with Crippen LogP contribution in [-0.4, -0.2) is 29.1 Å². The molecule has 0 saturated heterocycles. The van der Waals surface area contributed by atoms with Gasteiger partial charge in [0.2, 0.25) is 0 Å². The molecule has 1 N–H and O–H groups in total. The number of halogens is 2. The molecule has 2 atom stereocenters. The Bertz CT molecular complexity index is 1060. The lowest BCUT2D eigenvalue weighted by Gasteiger charge is -2.44. The lowest BCUT2D eigenvalue weighted by atomic mass is 9.85. The first-order valence-corrected chi connectivity index (χ1v) is 11.2. The summed E-state index contributed by atoms with van der Waals surface area (Å²) in [6.45, 7) is 11.7. The van der Waals surface area contributed by atoms with Crippen molar-refractivity contribution in [1.82, 2.24) is 9.88 Å². The Kier molecular flexibility index (Phi) is 5.82. The van der Waals surface area contributed by atoms with E-state index in [1.54, 1.807) is 0 Å². The van der Waals surface area contributed by atoms with Gasteiger partial charge < -0.3 is 9.72 Å². The van der Waals surface area contributed by atoms with Crippen LogP contribution in [0.1, 0.15) is 63.9 Å². The van der Waals surface area contributed by atoms with Gasteiger partial charge in [-0.15, -0.1) is 0 Å². The van der Waals surface area contributed by atoms with Crippen molar-refractivity contribution < 1.29 is 13.5 Å². The van der Waals surface area contributed by atoms with Crippen molar-refractivity contribution in [1.29, 1.82) is 0 Å². The highest BCUT2D eigenvalue weighted by atomic mass is 19.1. The number of hydrogen-bond donors (Lipinski definition) is 1. The molecule has 0 aliphatic carbocycles. The zero-order chi connectivity index (χ0) is 22.3. The van der Waals surface area contributed by atoms with Gasteiger partial charge in [0.15, 0.2) is 0 Å². The molecular formula is C26H32F2N2O. The number of aromatic amines is 1. The number of H-pyrrole nitrogens is 1. The van der Waals surface area contributed by atoms with Crippen LogP contribution in [0.25, 0.3) is 10.9 Å². The summed E-state index contributed by atoms with van der Waals surface area (Å²) in [4.78, 5) is 5.74. The molecule has 0 saturated carbocycles. The summed E-state index contributed by atoms with van der Waals surface area (Å²) in [7, 11) is 0. The number of nitrogens with zero attached hydrogens (tertiary/aromatic N) is 1. The number of fused-ring (bicyclic) bond motifs is 3. The number of hydrogen-bond acceptors (Lipinski definition) is 2. The van der Waals surface area contributed by atoms with Crippen LogP contribution >= 0.6 is 0 Å². The van der Waals surface area contributed by atoms with Gasteiger partial charge in [-0.3, -0.25) is 4.90 Å². The zero-order valence-electron chi connectivity index (χ0n) is 19.1. The van der Waals surface area contributed by atoms with Crippen LogP contribution in [0.15, 0.2) is 36.4 Å². The van der Waals surface area contributed by atoms with Gasteiger partial charge in [-0.25, -0.2) is 8.78 Å². The third-order valence-electron chi connectivity index (χ3n) is 5.97. The van der Waals surface area contributed by atoms with Gasteiger partial charge in [0, 0.05) is 46.9 Å². The van der Waals surface area contributed by atoms with Crippen molar-refractivity contribution in [2.45, 2.75) is 59.5 Å². The minimum Gasteiger partial charge on any atom is -0.493 e. The van der Waals surface area contributed by atoms with Crippen LogP contribution < -0.4 is 4.74 Å². The second kappa shape index (κ2) is 8.27. The smallest absolute Gasteiger partial charge is 0.135 e. The average molecular weight is 427 g/mol. The summed E-state index contributed by atoms with van der Waals surface area (Å²) in [5.41, 5.74) is 3.12. The molecule has 3 aromatic rings. The Hall–Kier alpha value is -2.40. The highest BCUT2D eigenvalue weighted by Gasteiger charge is 2.40. The molecule has 0 radical (unpaired) electrons. The number of ether oxygens (including phenoxy) is 1. The molecule has 2 aromatic carbocycles. The third kappa shape index (κ3) is 4.20. The van der Waals surface area contributed by atoms with Crippen LogP contribution in [0.3, 0.4) is 0 Å². The van der Waals surface area contributed by atoms with E-state index in [0.29, 0.717) is 6.61 Å². The molecule has 1 aromatic heterocycles. The Morgan fingerprint density at radius 1 is 1.13 bits per heavy atom. The first-order valence-electron chi connectivity index (χ1n) is 11.2. The molecule has 4 rings (SSSR count). The average Bonchev–Trinajstić information content (AvgIpc) is 3.05. The molecule has 5 heteroatoms. The lowest BCUT2D eigenvalue weighted by molar-refractivity contribution is 0.0964. The third-order valence-corrected chi connectivity index (χ3v) is 5.97. The van der Waals surface area contributed by atoms with Crippen molar-refractivity contribution >= 4 is 10.9 Å². The van der Waals surface area contributed by atoms with Gasteiger partial charge >= 0.3 is 0 Å². The maximum Gasteiger partial charge on any atom is 0.135 e. The van der Waals surface area contributed by atoms with Crippen molar-refractivity contribution in [2.24, 2.45) is 5.41 Å². The Morgan fingerprint density at radius 2 is 1.81 bits per heavy atom. The number of para-hydroxylation sites is 1. The van der Waals surface area contributed by atoms with Crippen molar-refractivity contribution in [3.8, 4) is 5.75 Å². The zero-order valence-corrected chi connectivity index (χ0v) is 19.1. The van der Waals surface area contributed by atoms with Crippen LogP contribution in [0, 0.1) is 17.0 Å². The fourth-order valence-corrected chi connectivity index (χ4v) is 4.74. The maximum absolute atomic E-state index is 15.4. The second-order valence-corrected chi connectivity index (χ2v) is 9.90. The fourth-order valence-electron chi connectivity index (χ4n) is 4.74. The highest BCUT2D eigenvalue weighted by Crippen LogP contribution is 2.44. The van der Waals surface area contributed by atoms with Crippen LogP contribution in [0.2, 0.25) is 0 Å². The SMILES string of the molecule is CCCOc1cc(F)c([C@@H]2c3[nH]c4ccccc4c3C[C@@H](C)N2CC(C)(C)C)c(F)c1. The van der Waals surface area contributed by atoms with Gasteiger partial charge in [0.05, 0.1) is 12.6 Å². The number of benzene rings is 2. The predicted octanol–water partition coefficient (Wildman–Crippen LogP) is 6.62. The first-order chi connectivity index (χ1) is 14.7. The molecule has 166 valence electrons. The van der Waals surface area contributed by atoms with Gasteiger partial charge in [-0.05, 0) is 36.8 Å². The van der Waals surface area contributed by atoms with Gasteiger partial charge in [-0.2, -0.15) is 0 Å². The minimum atomic E-state index is -0.561. The van der Waals surface area contributed by atoms with E-state index < -0.39 is 17.7 Å². The van der Waals surface area contributed by atoms with E-state index in [1.807, 2.05) is 25.1 Å². The van der Waals surface area contributed by atoms with Crippen molar-refractivity contribution in [2.75, 3.05) is 13.2 Å². The van der Waals surface area contributed by atoms with Crippen LogP contribution in [0.5, 0.6) is 5.75 Å². The molecule has 0 fully saturated rings. The van der Waals surface area contributed by atoms with E-state index in [-0.39, 0.29) is 22.8 Å². The van der Waals surface area contributed by atoms with Crippen molar-refractivity contribution in [3.63, 3.8) is 0 Å². The van der Waals surface area contributed by atoms with E-state index in [0.717, 1.165) is 41.5 Å². The van der Waals surface area contributed by atoms with E-state index in [2.05, 4.69) is 43.6 Å². The molecule has 3 nitrogen and oxygen atoms in total. The van der Waals surface area contributed by atoms with E-state index in [9.17, 15) is 0 Å².